The van der Waals surface area contributed by atoms with Crippen molar-refractivity contribution < 1.29 is 9.59 Å². The third kappa shape index (κ3) is 4.59. The molecule has 1 saturated heterocycles. The summed E-state index contributed by atoms with van der Waals surface area (Å²) < 4.78 is 0. The van der Waals surface area contributed by atoms with Gasteiger partial charge in [0.15, 0.2) is 0 Å². The van der Waals surface area contributed by atoms with E-state index in [2.05, 4.69) is 34.5 Å². The maximum atomic E-state index is 13.7. The number of aryl methyl sites for hydroxylation is 2. The molecule has 2 amide bonds. The number of hydrogen-bond donors (Lipinski definition) is 1. The zero-order valence-corrected chi connectivity index (χ0v) is 19.8. The molecule has 0 spiro atoms. The highest BCUT2D eigenvalue weighted by atomic mass is 32.1. The molecule has 0 radical (unpaired) electrons. The predicted octanol–water partition coefficient (Wildman–Crippen LogP) is 4.76. The van der Waals surface area contributed by atoms with Gasteiger partial charge in [0, 0.05) is 43.2 Å². The van der Waals surface area contributed by atoms with Crippen LogP contribution in [0.5, 0.6) is 0 Å². The van der Waals surface area contributed by atoms with Crippen LogP contribution in [0.25, 0.3) is 0 Å². The van der Waals surface area contributed by atoms with E-state index in [-0.39, 0.29) is 11.8 Å². The first-order valence-corrected chi connectivity index (χ1v) is 12.5. The number of carbonyl (C=O) groups excluding carboxylic acids is 2. The maximum Gasteiger partial charge on any atom is 0.257 e. The molecule has 0 bridgehead atoms. The number of hydrogen-bond acceptors (Lipinski definition) is 4. The number of anilines is 1. The Morgan fingerprint density at radius 1 is 0.939 bits per heavy atom. The van der Waals surface area contributed by atoms with E-state index in [1.807, 2.05) is 42.2 Å². The minimum Gasteiger partial charge on any atom is -0.336 e. The third-order valence-electron chi connectivity index (χ3n) is 6.66. The van der Waals surface area contributed by atoms with Gasteiger partial charge in [-0.3, -0.25) is 14.5 Å². The number of nitrogens with zero attached hydrogens (tertiary/aromatic N) is 2. The van der Waals surface area contributed by atoms with Crippen LogP contribution in [0.4, 0.5) is 5.00 Å². The summed E-state index contributed by atoms with van der Waals surface area (Å²) in [5, 5.41) is 3.79. The van der Waals surface area contributed by atoms with E-state index >= 15 is 0 Å². The minimum absolute atomic E-state index is 0.0637. The van der Waals surface area contributed by atoms with Crippen molar-refractivity contribution >= 4 is 28.2 Å². The van der Waals surface area contributed by atoms with Crippen LogP contribution in [0.15, 0.2) is 54.6 Å². The van der Waals surface area contributed by atoms with Gasteiger partial charge in [-0.1, -0.05) is 48.5 Å². The summed E-state index contributed by atoms with van der Waals surface area (Å²) in [6.45, 7) is 5.98. The number of rotatable bonds is 5. The van der Waals surface area contributed by atoms with Crippen LogP contribution in [0, 0.1) is 6.92 Å². The normalized spacial score (nSPS) is 16.0. The first-order valence-electron chi connectivity index (χ1n) is 11.7. The number of benzene rings is 2. The first kappa shape index (κ1) is 21.9. The van der Waals surface area contributed by atoms with Crippen LogP contribution in [0.2, 0.25) is 0 Å². The topological polar surface area (TPSA) is 52.7 Å². The Kier molecular flexibility index (Phi) is 6.29. The molecule has 2 aliphatic rings. The van der Waals surface area contributed by atoms with Gasteiger partial charge in [0.25, 0.3) is 11.8 Å². The number of piperazine rings is 1. The van der Waals surface area contributed by atoms with Crippen LogP contribution in [-0.4, -0.2) is 47.8 Å². The lowest BCUT2D eigenvalue weighted by Crippen LogP contribution is -2.48. The van der Waals surface area contributed by atoms with Crippen molar-refractivity contribution in [2.75, 3.05) is 31.5 Å². The highest BCUT2D eigenvalue weighted by molar-refractivity contribution is 7.17. The highest BCUT2D eigenvalue weighted by Crippen LogP contribution is 2.40. The molecule has 1 fully saturated rings. The number of amides is 2. The van der Waals surface area contributed by atoms with Crippen LogP contribution in [-0.2, 0) is 19.4 Å². The Hall–Kier alpha value is -2.96. The molecule has 170 valence electrons. The molecule has 2 heterocycles. The predicted molar refractivity (Wildman–Crippen MR) is 133 cm³/mol. The molecule has 5 rings (SSSR count). The molecule has 6 heteroatoms. The van der Waals surface area contributed by atoms with Crippen molar-refractivity contribution in [2.24, 2.45) is 0 Å². The van der Waals surface area contributed by atoms with Crippen molar-refractivity contribution in [3.63, 3.8) is 0 Å². The highest BCUT2D eigenvalue weighted by Gasteiger charge is 2.31. The van der Waals surface area contributed by atoms with Gasteiger partial charge in [-0.25, -0.2) is 0 Å². The lowest BCUT2D eigenvalue weighted by molar-refractivity contribution is 0.0629. The molecule has 0 atom stereocenters. The average molecular weight is 460 g/mol. The second-order valence-corrected chi connectivity index (χ2v) is 9.99. The second-order valence-electron chi connectivity index (χ2n) is 8.88. The lowest BCUT2D eigenvalue weighted by Gasteiger charge is -2.35. The van der Waals surface area contributed by atoms with Crippen molar-refractivity contribution in [3.05, 3.63) is 87.3 Å². The number of carbonyl (C=O) groups is 2. The fourth-order valence-corrected chi connectivity index (χ4v) is 6.10. The van der Waals surface area contributed by atoms with Gasteiger partial charge >= 0.3 is 0 Å². The molecule has 33 heavy (non-hydrogen) atoms. The van der Waals surface area contributed by atoms with E-state index in [0.29, 0.717) is 23.7 Å². The van der Waals surface area contributed by atoms with Gasteiger partial charge < -0.3 is 10.2 Å². The average Bonchev–Trinajstić information content (AvgIpc) is 3.41. The summed E-state index contributed by atoms with van der Waals surface area (Å²) in [5.74, 6) is -0.0800. The molecule has 0 unspecified atom stereocenters. The molecule has 3 aromatic rings. The maximum absolute atomic E-state index is 13.7. The third-order valence-corrected chi connectivity index (χ3v) is 7.87. The molecule has 1 N–H and O–H groups in total. The zero-order valence-electron chi connectivity index (χ0n) is 19.0. The van der Waals surface area contributed by atoms with E-state index in [0.717, 1.165) is 55.6 Å². The smallest absolute Gasteiger partial charge is 0.257 e. The molecule has 1 aromatic heterocycles. The summed E-state index contributed by atoms with van der Waals surface area (Å²) in [6.07, 6.45) is 2.99. The molecule has 1 aliphatic carbocycles. The van der Waals surface area contributed by atoms with Crippen molar-refractivity contribution in [1.82, 2.24) is 9.80 Å². The summed E-state index contributed by atoms with van der Waals surface area (Å²) in [4.78, 5) is 32.3. The van der Waals surface area contributed by atoms with E-state index in [1.165, 1.54) is 10.4 Å². The summed E-state index contributed by atoms with van der Waals surface area (Å²) in [5.41, 5.74) is 4.76. The van der Waals surface area contributed by atoms with Crippen molar-refractivity contribution in [3.8, 4) is 0 Å². The fraction of sp³-hybridized carbons (Fsp3) is 0.333. The Balaban J connectivity index is 1.31. The number of nitrogens with one attached hydrogen (secondary N) is 1. The lowest BCUT2D eigenvalue weighted by atomic mass is 10.1. The van der Waals surface area contributed by atoms with E-state index in [9.17, 15) is 9.59 Å². The summed E-state index contributed by atoms with van der Waals surface area (Å²) in [6, 6.07) is 18.0. The SMILES string of the molecule is Cc1ccccc1C(=O)Nc1sc2c(c1C(=O)N1CCN(Cc3ccccc3)CC1)CCC2. The molecule has 2 aromatic carbocycles. The standard InChI is InChI=1S/C27H29N3O2S/c1-19-8-5-6-11-21(19)25(31)28-26-24(22-12-7-13-23(22)33-26)27(32)30-16-14-29(15-17-30)18-20-9-3-2-4-10-20/h2-6,8-11H,7,12-18H2,1H3,(H,28,31). The monoisotopic (exact) mass is 459 g/mol. The molecule has 5 nitrogen and oxygen atoms in total. The van der Waals surface area contributed by atoms with Gasteiger partial charge in [-0.15, -0.1) is 11.3 Å². The number of thiophene rings is 1. The van der Waals surface area contributed by atoms with Gasteiger partial charge in [0.1, 0.15) is 5.00 Å². The Labute approximate surface area is 199 Å². The molecule has 0 saturated carbocycles. The van der Waals surface area contributed by atoms with Crippen molar-refractivity contribution in [1.29, 1.82) is 0 Å². The van der Waals surface area contributed by atoms with Gasteiger partial charge in [-0.05, 0) is 48.9 Å². The largest absolute Gasteiger partial charge is 0.336 e. The summed E-state index contributed by atoms with van der Waals surface area (Å²) in [7, 11) is 0. The van der Waals surface area contributed by atoms with E-state index in [4.69, 9.17) is 0 Å². The van der Waals surface area contributed by atoms with Gasteiger partial charge in [0.05, 0.1) is 5.56 Å². The van der Waals surface area contributed by atoms with Crippen molar-refractivity contribution in [2.45, 2.75) is 32.7 Å². The molecular formula is C27H29N3O2S. The Morgan fingerprint density at radius 2 is 1.67 bits per heavy atom. The first-order chi connectivity index (χ1) is 16.1. The van der Waals surface area contributed by atoms with Crippen LogP contribution in [0.1, 0.15) is 48.7 Å². The van der Waals surface area contributed by atoms with Gasteiger partial charge in [0.2, 0.25) is 0 Å². The van der Waals surface area contributed by atoms with Crippen LogP contribution >= 0.6 is 11.3 Å². The Bertz CT molecular complexity index is 1160. The van der Waals surface area contributed by atoms with Crippen LogP contribution in [0.3, 0.4) is 0 Å². The van der Waals surface area contributed by atoms with Crippen LogP contribution < -0.4 is 5.32 Å². The Morgan fingerprint density at radius 3 is 2.42 bits per heavy atom. The minimum atomic E-state index is -0.144. The van der Waals surface area contributed by atoms with E-state index in [1.54, 1.807) is 11.3 Å². The number of fused-ring (bicyclic) bond motifs is 1. The quantitative estimate of drug-likeness (QED) is 0.599. The zero-order chi connectivity index (χ0) is 22.8. The molecular weight excluding hydrogens is 430 g/mol. The summed E-state index contributed by atoms with van der Waals surface area (Å²) >= 11 is 1.58. The second kappa shape index (κ2) is 9.49. The fourth-order valence-electron chi connectivity index (χ4n) is 4.83. The van der Waals surface area contributed by atoms with Gasteiger partial charge in [-0.2, -0.15) is 0 Å². The van der Waals surface area contributed by atoms with E-state index < -0.39 is 0 Å². The molecule has 1 aliphatic heterocycles.